The molecule has 1 aliphatic heterocycles. The topological polar surface area (TPSA) is 40.2 Å². The van der Waals surface area contributed by atoms with Crippen molar-refractivity contribution in [1.82, 2.24) is 0 Å². The van der Waals surface area contributed by atoms with Gasteiger partial charge in [-0.1, -0.05) is 25.7 Å². The van der Waals surface area contributed by atoms with Crippen LogP contribution in [-0.2, 0) is 20.0 Å². The van der Waals surface area contributed by atoms with Crippen LogP contribution >= 0.6 is 0 Å². The fourth-order valence-electron chi connectivity index (χ4n) is 3.01. The molecule has 1 fully saturated rings. The molecule has 1 heterocycles. The lowest BCUT2D eigenvalue weighted by atomic mass is 10.0. The van der Waals surface area contributed by atoms with Crippen molar-refractivity contribution >= 4 is 18.9 Å². The van der Waals surface area contributed by atoms with Gasteiger partial charge in [0.05, 0.1) is 34.1 Å². The highest BCUT2D eigenvalue weighted by Gasteiger charge is 2.33. The van der Waals surface area contributed by atoms with Crippen molar-refractivity contribution in [3.05, 3.63) is 17.7 Å². The van der Waals surface area contributed by atoms with Gasteiger partial charge in [0.25, 0.3) is 0 Å². The number of ether oxygens (including phenoxy) is 4. The number of methoxy groups -OCH3 is 3. The predicted octanol–water partition coefficient (Wildman–Crippen LogP) is 2.54. The van der Waals surface area contributed by atoms with E-state index in [4.69, 9.17) is 18.9 Å². The number of morpholine rings is 1. The number of rotatable bonds is 6. The third kappa shape index (κ3) is 3.77. The van der Waals surface area contributed by atoms with Gasteiger partial charge in [0.1, 0.15) is 5.75 Å². The minimum Gasteiger partial charge on any atom is -0.495 e. The molecule has 5 nitrogen and oxygen atoms in total. The van der Waals surface area contributed by atoms with Crippen molar-refractivity contribution in [2.24, 2.45) is 0 Å². The maximum absolute atomic E-state index is 5.86. The van der Waals surface area contributed by atoms with Gasteiger partial charge < -0.3 is 23.8 Å². The number of hydrogen-bond donors (Lipinski definition) is 0. The van der Waals surface area contributed by atoms with E-state index in [1.807, 2.05) is 6.92 Å². The largest absolute Gasteiger partial charge is 0.495 e. The molecular formula is C18H31NO4Si. The Bertz CT molecular complexity index is 561. The molecule has 0 radical (unpaired) electrons. The summed E-state index contributed by atoms with van der Waals surface area (Å²) in [5, 5.41) is 1.28. The zero-order valence-electron chi connectivity index (χ0n) is 16.1. The summed E-state index contributed by atoms with van der Waals surface area (Å²) >= 11 is 0. The molecule has 1 aliphatic rings. The van der Waals surface area contributed by atoms with Crippen LogP contribution in [0.4, 0.5) is 5.69 Å². The van der Waals surface area contributed by atoms with Crippen molar-refractivity contribution in [2.45, 2.75) is 32.4 Å². The fourth-order valence-corrected chi connectivity index (χ4v) is 4.51. The van der Waals surface area contributed by atoms with Crippen LogP contribution < -0.4 is 14.8 Å². The highest BCUT2D eigenvalue weighted by Crippen LogP contribution is 2.35. The molecule has 0 saturated carbocycles. The maximum Gasteiger partial charge on any atom is 0.191 e. The summed E-state index contributed by atoms with van der Waals surface area (Å²) in [5.74, 6) is 0.205. The first-order valence-corrected chi connectivity index (χ1v) is 11.9. The van der Waals surface area contributed by atoms with E-state index < -0.39 is 13.9 Å². The molecule has 0 atom stereocenters. The van der Waals surface area contributed by atoms with E-state index >= 15 is 0 Å². The van der Waals surface area contributed by atoms with Gasteiger partial charge in [-0.05, 0) is 18.2 Å². The monoisotopic (exact) mass is 353 g/mol. The van der Waals surface area contributed by atoms with Crippen LogP contribution in [0.25, 0.3) is 0 Å². The third-order valence-electron chi connectivity index (χ3n) is 4.74. The van der Waals surface area contributed by atoms with Gasteiger partial charge in [-0.3, -0.25) is 0 Å². The van der Waals surface area contributed by atoms with Gasteiger partial charge >= 0.3 is 0 Å². The molecule has 0 spiro atoms. The third-order valence-corrected chi connectivity index (χ3v) is 6.72. The maximum atomic E-state index is 5.86. The minimum absolute atomic E-state index is 0.738. The molecule has 0 aliphatic carbocycles. The van der Waals surface area contributed by atoms with Crippen LogP contribution in [0.15, 0.2) is 12.1 Å². The first-order chi connectivity index (χ1) is 11.3. The van der Waals surface area contributed by atoms with Gasteiger partial charge in [-0.15, -0.1) is 0 Å². The van der Waals surface area contributed by atoms with Crippen LogP contribution in [0.3, 0.4) is 0 Å². The summed E-state index contributed by atoms with van der Waals surface area (Å²) in [6.45, 7) is 12.1. The predicted molar refractivity (Wildman–Crippen MR) is 100 cm³/mol. The van der Waals surface area contributed by atoms with E-state index in [1.54, 1.807) is 21.3 Å². The lowest BCUT2D eigenvalue weighted by Crippen LogP contribution is -2.43. The standard InChI is InChI=1S/C18H31NO4Si/c1-18(21-3,22-4)14-12-15(19-8-10-23-11-9-19)17(20-2)16(13-14)24(5,6)7/h12-13H,8-11H2,1-7H3. The number of nitrogens with zero attached hydrogens (tertiary/aromatic N) is 1. The van der Waals surface area contributed by atoms with Crippen molar-refractivity contribution in [3.63, 3.8) is 0 Å². The Morgan fingerprint density at radius 2 is 1.62 bits per heavy atom. The van der Waals surface area contributed by atoms with Crippen LogP contribution in [0.1, 0.15) is 12.5 Å². The highest BCUT2D eigenvalue weighted by atomic mass is 28.3. The smallest absolute Gasteiger partial charge is 0.191 e. The first-order valence-electron chi connectivity index (χ1n) is 8.43. The number of benzene rings is 1. The van der Waals surface area contributed by atoms with Crippen LogP contribution in [0, 0.1) is 0 Å². The van der Waals surface area contributed by atoms with Gasteiger partial charge in [0.15, 0.2) is 5.79 Å². The van der Waals surface area contributed by atoms with Crippen molar-refractivity contribution < 1.29 is 18.9 Å². The molecule has 136 valence electrons. The van der Waals surface area contributed by atoms with Gasteiger partial charge in [0, 0.05) is 32.9 Å². The summed E-state index contributed by atoms with van der Waals surface area (Å²) < 4.78 is 22.7. The molecular weight excluding hydrogens is 322 g/mol. The van der Waals surface area contributed by atoms with E-state index in [-0.39, 0.29) is 0 Å². The normalized spacial score (nSPS) is 16.4. The summed E-state index contributed by atoms with van der Waals surface area (Å²) in [4.78, 5) is 2.33. The molecule has 24 heavy (non-hydrogen) atoms. The second-order valence-corrected chi connectivity index (χ2v) is 12.3. The Labute approximate surface area is 146 Å². The van der Waals surface area contributed by atoms with Gasteiger partial charge in [0.2, 0.25) is 0 Å². The average molecular weight is 354 g/mol. The molecule has 6 heteroatoms. The SMILES string of the molecule is COc1c(N2CCOCC2)cc(C(C)(OC)OC)cc1[Si](C)(C)C. The second kappa shape index (κ2) is 7.43. The molecule has 1 saturated heterocycles. The van der Waals surface area contributed by atoms with Gasteiger partial charge in [-0.2, -0.15) is 0 Å². The summed E-state index contributed by atoms with van der Waals surface area (Å²) in [5.41, 5.74) is 2.13. The first kappa shape index (κ1) is 19.2. The zero-order valence-corrected chi connectivity index (χ0v) is 17.1. The lowest BCUT2D eigenvalue weighted by Gasteiger charge is -2.35. The number of hydrogen-bond acceptors (Lipinski definition) is 5. The molecule has 0 unspecified atom stereocenters. The Balaban J connectivity index is 2.66. The van der Waals surface area contributed by atoms with Crippen LogP contribution in [0.2, 0.25) is 19.6 Å². The van der Waals surface area contributed by atoms with E-state index in [0.717, 1.165) is 43.3 Å². The van der Waals surface area contributed by atoms with E-state index in [9.17, 15) is 0 Å². The minimum atomic E-state index is -1.62. The number of anilines is 1. The fraction of sp³-hybridized carbons (Fsp3) is 0.667. The highest BCUT2D eigenvalue weighted by molar-refractivity contribution is 6.89. The van der Waals surface area contributed by atoms with E-state index in [1.165, 1.54) is 5.19 Å². The second-order valence-electron chi connectivity index (χ2n) is 7.28. The molecule has 0 bridgehead atoms. The quantitative estimate of drug-likeness (QED) is 0.581. The average Bonchev–Trinajstić information content (AvgIpc) is 2.59. The van der Waals surface area contributed by atoms with E-state index in [0.29, 0.717) is 0 Å². The summed E-state index contributed by atoms with van der Waals surface area (Å²) in [6.07, 6.45) is 0. The Kier molecular flexibility index (Phi) is 5.96. The Morgan fingerprint density at radius 1 is 1.04 bits per heavy atom. The van der Waals surface area contributed by atoms with E-state index in [2.05, 4.69) is 36.7 Å². The van der Waals surface area contributed by atoms with Crippen molar-refractivity contribution in [3.8, 4) is 5.75 Å². The molecule has 2 rings (SSSR count). The molecule has 0 aromatic heterocycles. The molecule has 1 aromatic rings. The van der Waals surface area contributed by atoms with Crippen molar-refractivity contribution in [2.75, 3.05) is 52.5 Å². The lowest BCUT2D eigenvalue weighted by molar-refractivity contribution is -0.201. The Morgan fingerprint density at radius 3 is 2.08 bits per heavy atom. The molecule has 0 amide bonds. The van der Waals surface area contributed by atoms with Gasteiger partial charge in [-0.25, -0.2) is 0 Å². The van der Waals surface area contributed by atoms with Crippen LogP contribution in [-0.4, -0.2) is 55.7 Å². The molecule has 1 aromatic carbocycles. The Hall–Kier alpha value is -1.08. The zero-order chi connectivity index (χ0) is 18.0. The summed E-state index contributed by atoms with van der Waals surface area (Å²) in [6, 6.07) is 4.34. The summed E-state index contributed by atoms with van der Waals surface area (Å²) in [7, 11) is 3.49. The van der Waals surface area contributed by atoms with Crippen LogP contribution in [0.5, 0.6) is 5.75 Å². The van der Waals surface area contributed by atoms with Crippen molar-refractivity contribution in [1.29, 1.82) is 0 Å². The molecule has 0 N–H and O–H groups in total.